The topological polar surface area (TPSA) is 21.3 Å². The Morgan fingerprint density at radius 3 is 3.00 bits per heavy atom. The minimum absolute atomic E-state index is 0.225. The molecule has 0 bridgehead atoms. The number of nitrogens with one attached hydrogen (secondary N) is 1. The Morgan fingerprint density at radius 2 is 2.50 bits per heavy atom. The number of ether oxygens (including phenoxy) is 1. The van der Waals surface area contributed by atoms with Gasteiger partial charge in [0.25, 0.3) is 0 Å². The van der Waals surface area contributed by atoms with Crippen LogP contribution in [0.5, 0.6) is 0 Å². The van der Waals surface area contributed by atoms with Crippen molar-refractivity contribution in [3.05, 3.63) is 20.8 Å². The van der Waals surface area contributed by atoms with E-state index in [1.54, 1.807) is 18.4 Å². The molecule has 1 heterocycles. The van der Waals surface area contributed by atoms with Crippen LogP contribution in [0.3, 0.4) is 0 Å². The number of methoxy groups -OCH3 is 1. The second-order valence-electron chi connectivity index (χ2n) is 2.92. The Hall–Kier alpha value is 0.390. The van der Waals surface area contributed by atoms with E-state index < -0.39 is 0 Å². The molecule has 0 aromatic carbocycles. The lowest BCUT2D eigenvalue weighted by atomic mass is 10.3. The van der Waals surface area contributed by atoms with Gasteiger partial charge >= 0.3 is 0 Å². The molecule has 0 aliphatic heterocycles. The maximum absolute atomic E-state index is 5.77. The molecule has 1 rings (SSSR count). The van der Waals surface area contributed by atoms with Gasteiger partial charge in [-0.1, -0.05) is 0 Å². The van der Waals surface area contributed by atoms with Crippen LogP contribution in [0, 0.1) is 0 Å². The highest BCUT2D eigenvalue weighted by Gasteiger charge is 2.06. The summed E-state index contributed by atoms with van der Waals surface area (Å²) >= 11 is 10.9. The Kier molecular flexibility index (Phi) is 6.05. The van der Waals surface area contributed by atoms with E-state index in [0.717, 1.165) is 11.0 Å². The zero-order valence-corrected chi connectivity index (χ0v) is 11.1. The molecule has 0 saturated carbocycles. The third-order valence-corrected chi connectivity index (χ3v) is 3.81. The molecule has 0 fully saturated rings. The third-order valence-electron chi connectivity index (χ3n) is 1.74. The summed E-state index contributed by atoms with van der Waals surface area (Å²) in [4.78, 5) is 1.29. The lowest BCUT2D eigenvalue weighted by Gasteiger charge is -2.13. The Balaban J connectivity index is 2.31. The van der Waals surface area contributed by atoms with Gasteiger partial charge in [-0.15, -0.1) is 22.9 Å². The van der Waals surface area contributed by atoms with Crippen molar-refractivity contribution in [1.29, 1.82) is 0 Å². The van der Waals surface area contributed by atoms with Crippen molar-refractivity contribution in [3.63, 3.8) is 0 Å². The Morgan fingerprint density at radius 1 is 1.71 bits per heavy atom. The maximum atomic E-state index is 5.77. The van der Waals surface area contributed by atoms with Crippen LogP contribution in [0.25, 0.3) is 0 Å². The highest BCUT2D eigenvalue weighted by Crippen LogP contribution is 2.19. The van der Waals surface area contributed by atoms with E-state index in [-0.39, 0.29) is 6.04 Å². The molecule has 1 atom stereocenters. The van der Waals surface area contributed by atoms with Gasteiger partial charge in [-0.05, 0) is 22.0 Å². The highest BCUT2D eigenvalue weighted by atomic mass is 79.9. The molecule has 0 aliphatic rings. The minimum atomic E-state index is 0.225. The summed E-state index contributed by atoms with van der Waals surface area (Å²) in [6, 6.07) is 2.33. The fourth-order valence-electron chi connectivity index (χ4n) is 1.05. The van der Waals surface area contributed by atoms with Crippen LogP contribution in [-0.4, -0.2) is 25.6 Å². The van der Waals surface area contributed by atoms with Crippen LogP contribution in [0.4, 0.5) is 0 Å². The number of rotatable bonds is 6. The van der Waals surface area contributed by atoms with Gasteiger partial charge in [-0.25, -0.2) is 0 Å². The zero-order valence-electron chi connectivity index (χ0n) is 7.93. The van der Waals surface area contributed by atoms with Crippen molar-refractivity contribution in [2.24, 2.45) is 0 Å². The summed E-state index contributed by atoms with van der Waals surface area (Å²) in [5.74, 6) is 0.570. The van der Waals surface area contributed by atoms with Gasteiger partial charge in [-0.2, -0.15) is 0 Å². The SMILES string of the molecule is COCC(CCl)NCc1cc(Br)cs1. The summed E-state index contributed by atoms with van der Waals surface area (Å²) in [6.45, 7) is 1.49. The van der Waals surface area contributed by atoms with Gasteiger partial charge < -0.3 is 10.1 Å². The summed E-state index contributed by atoms with van der Waals surface area (Å²) in [5.41, 5.74) is 0. The molecule has 1 N–H and O–H groups in total. The van der Waals surface area contributed by atoms with Crippen LogP contribution in [-0.2, 0) is 11.3 Å². The van der Waals surface area contributed by atoms with E-state index in [0.29, 0.717) is 12.5 Å². The largest absolute Gasteiger partial charge is 0.383 e. The summed E-state index contributed by atoms with van der Waals surface area (Å²) in [6.07, 6.45) is 0. The third kappa shape index (κ3) is 4.28. The average molecular weight is 299 g/mol. The molecular weight excluding hydrogens is 286 g/mol. The number of hydrogen-bond acceptors (Lipinski definition) is 3. The van der Waals surface area contributed by atoms with E-state index in [1.807, 2.05) is 0 Å². The fraction of sp³-hybridized carbons (Fsp3) is 0.556. The fourth-order valence-corrected chi connectivity index (χ4v) is 2.65. The van der Waals surface area contributed by atoms with E-state index in [4.69, 9.17) is 16.3 Å². The molecular formula is C9H13BrClNOS. The monoisotopic (exact) mass is 297 g/mol. The maximum Gasteiger partial charge on any atom is 0.0627 e. The van der Waals surface area contributed by atoms with Crippen LogP contribution in [0.1, 0.15) is 4.88 Å². The van der Waals surface area contributed by atoms with Crippen LogP contribution in [0.2, 0.25) is 0 Å². The minimum Gasteiger partial charge on any atom is -0.383 e. The first-order valence-electron chi connectivity index (χ1n) is 4.27. The molecule has 5 heteroatoms. The molecule has 1 aromatic rings. The number of thiophene rings is 1. The molecule has 80 valence electrons. The van der Waals surface area contributed by atoms with Crippen molar-refractivity contribution in [3.8, 4) is 0 Å². The van der Waals surface area contributed by atoms with Gasteiger partial charge in [0.1, 0.15) is 0 Å². The molecule has 1 unspecified atom stereocenters. The van der Waals surface area contributed by atoms with Gasteiger partial charge in [0.15, 0.2) is 0 Å². The predicted octanol–water partition coefficient (Wildman–Crippen LogP) is 2.85. The van der Waals surface area contributed by atoms with Crippen molar-refractivity contribution in [1.82, 2.24) is 5.32 Å². The summed E-state index contributed by atoms with van der Waals surface area (Å²) in [7, 11) is 1.68. The molecule has 2 nitrogen and oxygen atoms in total. The quantitative estimate of drug-likeness (QED) is 0.816. The van der Waals surface area contributed by atoms with Crippen molar-refractivity contribution in [2.45, 2.75) is 12.6 Å². The van der Waals surface area contributed by atoms with E-state index in [9.17, 15) is 0 Å². The summed E-state index contributed by atoms with van der Waals surface area (Å²) in [5, 5.41) is 5.41. The number of alkyl halides is 1. The molecule has 0 amide bonds. The van der Waals surface area contributed by atoms with Gasteiger partial charge in [0.05, 0.1) is 6.61 Å². The normalized spacial score (nSPS) is 13.1. The summed E-state index contributed by atoms with van der Waals surface area (Å²) < 4.78 is 6.17. The smallest absolute Gasteiger partial charge is 0.0627 e. The van der Waals surface area contributed by atoms with Crippen LogP contribution >= 0.6 is 38.9 Å². The lowest BCUT2D eigenvalue weighted by Crippen LogP contribution is -2.34. The Labute approximate surface area is 102 Å². The highest BCUT2D eigenvalue weighted by molar-refractivity contribution is 9.10. The van der Waals surface area contributed by atoms with Crippen molar-refractivity contribution >= 4 is 38.9 Å². The van der Waals surface area contributed by atoms with E-state index in [2.05, 4.69) is 32.7 Å². The first-order chi connectivity index (χ1) is 6.76. The molecule has 1 aromatic heterocycles. The molecule has 0 spiro atoms. The number of halogens is 2. The van der Waals surface area contributed by atoms with Crippen molar-refractivity contribution in [2.75, 3.05) is 19.6 Å². The second-order valence-corrected chi connectivity index (χ2v) is 5.14. The zero-order chi connectivity index (χ0) is 10.4. The first kappa shape index (κ1) is 12.5. The molecule has 14 heavy (non-hydrogen) atoms. The second kappa shape index (κ2) is 6.80. The van der Waals surface area contributed by atoms with Gasteiger partial charge in [0, 0.05) is 40.3 Å². The van der Waals surface area contributed by atoms with Crippen LogP contribution in [0.15, 0.2) is 15.9 Å². The molecule has 0 aliphatic carbocycles. The van der Waals surface area contributed by atoms with Crippen LogP contribution < -0.4 is 5.32 Å². The van der Waals surface area contributed by atoms with E-state index in [1.165, 1.54) is 4.88 Å². The first-order valence-corrected chi connectivity index (χ1v) is 6.48. The standard InChI is InChI=1S/C9H13BrClNOS/c1-13-5-8(3-11)12-4-9-2-7(10)6-14-9/h2,6,8,12H,3-5H2,1H3. The number of hydrogen-bond donors (Lipinski definition) is 1. The average Bonchev–Trinajstić information content (AvgIpc) is 2.59. The lowest BCUT2D eigenvalue weighted by molar-refractivity contribution is 0.173. The van der Waals surface area contributed by atoms with Crippen molar-refractivity contribution < 1.29 is 4.74 Å². The Bertz CT molecular complexity index is 269. The predicted molar refractivity (Wildman–Crippen MR) is 65.2 cm³/mol. The van der Waals surface area contributed by atoms with Gasteiger partial charge in [-0.3, -0.25) is 0 Å². The van der Waals surface area contributed by atoms with E-state index >= 15 is 0 Å². The molecule has 0 saturated heterocycles. The molecule has 0 radical (unpaired) electrons. The van der Waals surface area contributed by atoms with Gasteiger partial charge in [0.2, 0.25) is 0 Å².